The van der Waals surface area contributed by atoms with Gasteiger partial charge in [-0.2, -0.15) is 11.3 Å². The number of aromatic nitrogens is 2. The molecule has 4 fully saturated rings. The molecular formula is C17H19N3O2S. The molecule has 2 aromatic rings. The van der Waals surface area contributed by atoms with Gasteiger partial charge in [-0.25, -0.2) is 0 Å². The van der Waals surface area contributed by atoms with E-state index < -0.39 is 0 Å². The fourth-order valence-electron chi connectivity index (χ4n) is 5.39. The Labute approximate surface area is 138 Å². The Morgan fingerprint density at radius 1 is 1.17 bits per heavy atom. The molecule has 6 rings (SSSR count). The average molecular weight is 329 g/mol. The number of carbonyl (C=O) groups excluding carboxylic acids is 1. The molecule has 4 aliphatic carbocycles. The summed E-state index contributed by atoms with van der Waals surface area (Å²) in [5.74, 6) is 2.80. The Bertz CT molecular complexity index is 702. The lowest BCUT2D eigenvalue weighted by Crippen LogP contribution is -2.51. The highest BCUT2D eigenvalue weighted by Gasteiger charge is 2.54. The second kappa shape index (κ2) is 4.90. The van der Waals surface area contributed by atoms with Crippen LogP contribution in [0.15, 0.2) is 21.2 Å². The van der Waals surface area contributed by atoms with Crippen LogP contribution in [0.4, 0.5) is 6.01 Å². The van der Waals surface area contributed by atoms with Gasteiger partial charge < -0.3 is 4.42 Å². The summed E-state index contributed by atoms with van der Waals surface area (Å²) in [4.78, 5) is 12.9. The van der Waals surface area contributed by atoms with E-state index in [0.29, 0.717) is 5.89 Å². The van der Waals surface area contributed by atoms with Gasteiger partial charge in [0.2, 0.25) is 5.91 Å². The molecule has 0 spiro atoms. The first-order valence-corrected chi connectivity index (χ1v) is 9.32. The molecule has 4 aliphatic rings. The lowest BCUT2D eigenvalue weighted by Gasteiger charge is -2.55. The van der Waals surface area contributed by atoms with Gasteiger partial charge in [-0.1, -0.05) is 5.10 Å². The Morgan fingerprint density at radius 2 is 1.87 bits per heavy atom. The van der Waals surface area contributed by atoms with Gasteiger partial charge in [0.25, 0.3) is 5.89 Å². The average Bonchev–Trinajstić information content (AvgIpc) is 3.16. The van der Waals surface area contributed by atoms with Crippen molar-refractivity contribution in [1.29, 1.82) is 0 Å². The molecule has 0 unspecified atom stereocenters. The van der Waals surface area contributed by atoms with Crippen molar-refractivity contribution in [2.45, 2.75) is 38.5 Å². The largest absolute Gasteiger partial charge is 0.403 e. The van der Waals surface area contributed by atoms with E-state index >= 15 is 0 Å². The maximum atomic E-state index is 12.9. The molecule has 6 heteroatoms. The molecule has 0 atom stereocenters. The van der Waals surface area contributed by atoms with Crippen molar-refractivity contribution in [1.82, 2.24) is 10.2 Å². The van der Waals surface area contributed by atoms with Crippen LogP contribution in [0.3, 0.4) is 0 Å². The molecule has 1 N–H and O–H groups in total. The molecule has 5 nitrogen and oxygen atoms in total. The summed E-state index contributed by atoms with van der Waals surface area (Å²) in [7, 11) is 0. The number of hydrogen-bond acceptors (Lipinski definition) is 5. The SMILES string of the molecule is O=C(Nc1nnc(-c2ccsc2)o1)C12CC3CC(CC(C3)C1)C2. The maximum Gasteiger partial charge on any atom is 0.322 e. The van der Waals surface area contributed by atoms with Crippen molar-refractivity contribution >= 4 is 23.3 Å². The minimum atomic E-state index is -0.189. The predicted molar refractivity (Wildman–Crippen MR) is 86.8 cm³/mol. The molecule has 4 saturated carbocycles. The monoisotopic (exact) mass is 329 g/mol. The van der Waals surface area contributed by atoms with Crippen LogP contribution in [0.25, 0.3) is 11.5 Å². The van der Waals surface area contributed by atoms with Crippen LogP contribution < -0.4 is 5.32 Å². The van der Waals surface area contributed by atoms with Crippen LogP contribution in [0, 0.1) is 23.2 Å². The van der Waals surface area contributed by atoms with Crippen molar-refractivity contribution in [3.8, 4) is 11.5 Å². The van der Waals surface area contributed by atoms with E-state index in [1.165, 1.54) is 19.3 Å². The van der Waals surface area contributed by atoms with Crippen molar-refractivity contribution in [3.05, 3.63) is 16.8 Å². The molecule has 0 saturated heterocycles. The first-order valence-electron chi connectivity index (χ1n) is 8.38. The predicted octanol–water partition coefficient (Wildman–Crippen LogP) is 3.95. The summed E-state index contributed by atoms with van der Waals surface area (Å²) < 4.78 is 5.61. The Hall–Kier alpha value is -1.69. The van der Waals surface area contributed by atoms with Gasteiger partial charge in [-0.15, -0.1) is 5.10 Å². The van der Waals surface area contributed by atoms with Crippen LogP contribution in [0.5, 0.6) is 0 Å². The normalized spacial score (nSPS) is 34.7. The summed E-state index contributed by atoms with van der Waals surface area (Å²) in [6, 6.07) is 2.16. The van der Waals surface area contributed by atoms with Gasteiger partial charge in [0, 0.05) is 10.9 Å². The van der Waals surface area contributed by atoms with Gasteiger partial charge in [-0.05, 0) is 67.7 Å². The Kier molecular flexibility index (Phi) is 2.92. The van der Waals surface area contributed by atoms with E-state index in [1.807, 2.05) is 16.8 Å². The molecule has 2 heterocycles. The van der Waals surface area contributed by atoms with Crippen LogP contribution in [0.2, 0.25) is 0 Å². The van der Waals surface area contributed by atoms with Crippen LogP contribution in [0.1, 0.15) is 38.5 Å². The smallest absolute Gasteiger partial charge is 0.322 e. The van der Waals surface area contributed by atoms with E-state index in [4.69, 9.17) is 4.42 Å². The van der Waals surface area contributed by atoms with Gasteiger partial charge in [0.1, 0.15) is 0 Å². The third kappa shape index (κ3) is 2.23. The fourth-order valence-corrected chi connectivity index (χ4v) is 6.02. The lowest BCUT2D eigenvalue weighted by molar-refractivity contribution is -0.140. The van der Waals surface area contributed by atoms with Crippen molar-refractivity contribution in [3.63, 3.8) is 0 Å². The van der Waals surface area contributed by atoms with Crippen molar-refractivity contribution < 1.29 is 9.21 Å². The number of nitrogens with zero attached hydrogens (tertiary/aromatic N) is 2. The summed E-state index contributed by atoms with van der Waals surface area (Å²) in [5, 5.41) is 14.9. The molecule has 2 aromatic heterocycles. The summed E-state index contributed by atoms with van der Waals surface area (Å²) >= 11 is 1.58. The molecule has 120 valence electrons. The minimum Gasteiger partial charge on any atom is -0.403 e. The van der Waals surface area contributed by atoms with Crippen molar-refractivity contribution in [2.75, 3.05) is 5.32 Å². The zero-order chi connectivity index (χ0) is 15.4. The van der Waals surface area contributed by atoms with E-state index in [-0.39, 0.29) is 17.3 Å². The van der Waals surface area contributed by atoms with Gasteiger partial charge in [0.15, 0.2) is 0 Å². The number of rotatable bonds is 3. The second-order valence-electron chi connectivity index (χ2n) is 7.58. The number of anilines is 1. The van der Waals surface area contributed by atoms with E-state index in [0.717, 1.165) is 42.6 Å². The molecule has 1 amide bonds. The molecule has 0 radical (unpaired) electrons. The summed E-state index contributed by atoms with van der Waals surface area (Å²) in [6.45, 7) is 0. The number of amides is 1. The van der Waals surface area contributed by atoms with E-state index in [1.54, 1.807) is 11.3 Å². The number of carbonyl (C=O) groups is 1. The highest BCUT2D eigenvalue weighted by molar-refractivity contribution is 7.08. The second-order valence-corrected chi connectivity index (χ2v) is 8.36. The van der Waals surface area contributed by atoms with Gasteiger partial charge in [-0.3, -0.25) is 10.1 Å². The molecule has 4 bridgehead atoms. The van der Waals surface area contributed by atoms with E-state index in [2.05, 4.69) is 15.5 Å². The third-order valence-corrected chi connectivity index (χ3v) is 6.62. The van der Waals surface area contributed by atoms with Crippen molar-refractivity contribution in [2.24, 2.45) is 23.2 Å². The molecule has 0 aromatic carbocycles. The van der Waals surface area contributed by atoms with E-state index in [9.17, 15) is 4.79 Å². The summed E-state index contributed by atoms with van der Waals surface area (Å²) in [6.07, 6.45) is 7.10. The van der Waals surface area contributed by atoms with Gasteiger partial charge in [0.05, 0.1) is 5.41 Å². The summed E-state index contributed by atoms with van der Waals surface area (Å²) in [5.41, 5.74) is 0.712. The van der Waals surface area contributed by atoms with Crippen LogP contribution in [-0.2, 0) is 4.79 Å². The zero-order valence-electron chi connectivity index (χ0n) is 12.8. The first-order chi connectivity index (χ1) is 11.2. The molecule has 23 heavy (non-hydrogen) atoms. The topological polar surface area (TPSA) is 68.0 Å². The number of thiophene rings is 1. The highest BCUT2D eigenvalue weighted by atomic mass is 32.1. The lowest BCUT2D eigenvalue weighted by atomic mass is 9.49. The molecular weight excluding hydrogens is 310 g/mol. The maximum absolute atomic E-state index is 12.9. The number of nitrogens with one attached hydrogen (secondary N) is 1. The minimum absolute atomic E-state index is 0.0946. The standard InChI is InChI=1S/C17H19N3O2S/c21-15(17-6-10-3-11(7-17)5-12(4-10)8-17)18-16-20-19-14(22-16)13-1-2-23-9-13/h1-2,9-12H,3-8H2,(H,18,20,21). The van der Waals surface area contributed by atoms with Gasteiger partial charge >= 0.3 is 6.01 Å². The third-order valence-electron chi connectivity index (χ3n) is 5.93. The Balaban J connectivity index is 1.36. The number of hydrogen-bond donors (Lipinski definition) is 1. The van der Waals surface area contributed by atoms with Crippen LogP contribution >= 0.6 is 11.3 Å². The fraction of sp³-hybridized carbons (Fsp3) is 0.588. The quantitative estimate of drug-likeness (QED) is 0.925. The first kappa shape index (κ1) is 13.7. The highest BCUT2D eigenvalue weighted by Crippen LogP contribution is 2.60. The van der Waals surface area contributed by atoms with Crippen LogP contribution in [-0.4, -0.2) is 16.1 Å². The Morgan fingerprint density at radius 3 is 2.48 bits per heavy atom. The zero-order valence-corrected chi connectivity index (χ0v) is 13.6. The molecule has 0 aliphatic heterocycles.